The number of carbonyl (C=O) groups is 2. The van der Waals surface area contributed by atoms with E-state index in [4.69, 9.17) is 0 Å². The molecule has 1 fully saturated rings. The van der Waals surface area contributed by atoms with Crippen LogP contribution in [0.25, 0.3) is 0 Å². The van der Waals surface area contributed by atoms with Crippen molar-refractivity contribution in [1.29, 1.82) is 0 Å². The van der Waals surface area contributed by atoms with Gasteiger partial charge in [-0.3, -0.25) is 19.2 Å². The Kier molecular flexibility index (Phi) is 3.83. The monoisotopic (exact) mass is 278 g/mol. The summed E-state index contributed by atoms with van der Waals surface area (Å²) in [6, 6.07) is -0.952. The Morgan fingerprint density at radius 3 is 2.55 bits per heavy atom. The normalized spacial score (nSPS) is 23.4. The van der Waals surface area contributed by atoms with E-state index < -0.39 is 12.1 Å². The minimum atomic E-state index is -0.506. The zero-order valence-electron chi connectivity index (χ0n) is 12.7. The summed E-state index contributed by atoms with van der Waals surface area (Å²) in [6.45, 7) is 7.67. The van der Waals surface area contributed by atoms with Crippen molar-refractivity contribution >= 4 is 17.5 Å². The molecule has 1 N–H and O–H groups in total. The van der Waals surface area contributed by atoms with Crippen LogP contribution in [0.15, 0.2) is 6.20 Å². The molecule has 6 heteroatoms. The highest BCUT2D eigenvalue weighted by molar-refractivity contribution is 6.08. The molecule has 1 aromatic rings. The van der Waals surface area contributed by atoms with Gasteiger partial charge in [0.05, 0.1) is 11.4 Å². The van der Waals surface area contributed by atoms with E-state index in [1.807, 2.05) is 20.8 Å². The molecular weight excluding hydrogens is 256 g/mol. The van der Waals surface area contributed by atoms with Crippen molar-refractivity contribution in [3.05, 3.63) is 11.9 Å². The molecule has 6 nitrogen and oxygen atoms in total. The maximum absolute atomic E-state index is 12.7. The van der Waals surface area contributed by atoms with Crippen LogP contribution < -0.4 is 10.2 Å². The Balaban J connectivity index is 2.36. The van der Waals surface area contributed by atoms with Gasteiger partial charge in [0.2, 0.25) is 11.8 Å². The molecular formula is C14H22N4O2. The molecule has 2 amide bonds. The van der Waals surface area contributed by atoms with Gasteiger partial charge in [-0.1, -0.05) is 13.8 Å². The number of aromatic nitrogens is 2. The minimum absolute atomic E-state index is 0.0538. The molecule has 0 saturated carbocycles. The summed E-state index contributed by atoms with van der Waals surface area (Å²) in [4.78, 5) is 26.3. The SMILES string of the molecule is Cc1nn(C)cc1N1C(=O)C(CC(C)C)NC(=O)C1C. The van der Waals surface area contributed by atoms with Crippen LogP contribution in [0.4, 0.5) is 5.69 Å². The van der Waals surface area contributed by atoms with Gasteiger partial charge >= 0.3 is 0 Å². The Morgan fingerprint density at radius 1 is 1.40 bits per heavy atom. The van der Waals surface area contributed by atoms with Crippen molar-refractivity contribution < 1.29 is 9.59 Å². The summed E-state index contributed by atoms with van der Waals surface area (Å²) in [5, 5.41) is 7.07. The predicted octanol–water partition coefficient (Wildman–Crippen LogP) is 0.995. The average molecular weight is 278 g/mol. The first-order valence-corrected chi connectivity index (χ1v) is 6.95. The maximum Gasteiger partial charge on any atom is 0.250 e. The number of nitrogens with zero attached hydrogens (tertiary/aromatic N) is 3. The number of amides is 2. The Hall–Kier alpha value is -1.85. The Morgan fingerprint density at radius 2 is 2.05 bits per heavy atom. The largest absolute Gasteiger partial charge is 0.342 e. The minimum Gasteiger partial charge on any atom is -0.342 e. The lowest BCUT2D eigenvalue weighted by Gasteiger charge is -2.37. The number of anilines is 1. The highest BCUT2D eigenvalue weighted by Gasteiger charge is 2.40. The first kappa shape index (κ1) is 14.6. The molecule has 0 aromatic carbocycles. The van der Waals surface area contributed by atoms with Crippen LogP contribution in [-0.4, -0.2) is 33.7 Å². The van der Waals surface area contributed by atoms with Gasteiger partial charge in [-0.05, 0) is 26.2 Å². The van der Waals surface area contributed by atoms with Gasteiger partial charge in [-0.2, -0.15) is 5.10 Å². The van der Waals surface area contributed by atoms with Gasteiger partial charge in [-0.15, -0.1) is 0 Å². The van der Waals surface area contributed by atoms with Gasteiger partial charge < -0.3 is 5.32 Å². The van der Waals surface area contributed by atoms with Crippen molar-refractivity contribution in [3.8, 4) is 0 Å². The molecule has 2 unspecified atom stereocenters. The molecule has 2 atom stereocenters. The quantitative estimate of drug-likeness (QED) is 0.896. The van der Waals surface area contributed by atoms with E-state index in [0.29, 0.717) is 18.0 Å². The van der Waals surface area contributed by atoms with Gasteiger partial charge in [0, 0.05) is 13.2 Å². The van der Waals surface area contributed by atoms with E-state index in [1.165, 1.54) is 0 Å². The van der Waals surface area contributed by atoms with Crippen LogP contribution in [0, 0.1) is 12.8 Å². The summed E-state index contributed by atoms with van der Waals surface area (Å²) >= 11 is 0. The second kappa shape index (κ2) is 5.26. The van der Waals surface area contributed by atoms with Crippen LogP contribution in [-0.2, 0) is 16.6 Å². The fourth-order valence-corrected chi connectivity index (χ4v) is 2.61. The molecule has 0 spiro atoms. The molecule has 110 valence electrons. The van der Waals surface area contributed by atoms with Crippen molar-refractivity contribution in [3.63, 3.8) is 0 Å². The first-order chi connectivity index (χ1) is 9.31. The number of hydrogen-bond acceptors (Lipinski definition) is 3. The Labute approximate surface area is 119 Å². The second-order valence-corrected chi connectivity index (χ2v) is 5.85. The molecule has 2 heterocycles. The lowest BCUT2D eigenvalue weighted by Crippen LogP contribution is -2.63. The molecule has 0 bridgehead atoms. The van der Waals surface area contributed by atoms with E-state index in [9.17, 15) is 9.59 Å². The highest BCUT2D eigenvalue weighted by atomic mass is 16.2. The van der Waals surface area contributed by atoms with Crippen LogP contribution >= 0.6 is 0 Å². The standard InChI is InChI=1S/C14H22N4O2/c1-8(2)6-11-14(20)18(10(4)13(19)15-11)12-7-17(5)16-9(12)3/h7-8,10-11H,6H2,1-5H3,(H,15,19). The van der Waals surface area contributed by atoms with Crippen LogP contribution in [0.5, 0.6) is 0 Å². The van der Waals surface area contributed by atoms with Crippen molar-refractivity contribution in [2.45, 2.75) is 46.2 Å². The molecule has 1 aliphatic rings. The van der Waals surface area contributed by atoms with Gasteiger partial charge in [-0.25, -0.2) is 0 Å². The molecule has 1 aliphatic heterocycles. The zero-order chi connectivity index (χ0) is 15.0. The number of carbonyl (C=O) groups excluding carboxylic acids is 2. The Bertz CT molecular complexity index is 535. The van der Waals surface area contributed by atoms with E-state index in [1.54, 1.807) is 29.7 Å². The number of piperazine rings is 1. The molecule has 0 radical (unpaired) electrons. The fraction of sp³-hybridized carbons (Fsp3) is 0.643. The number of aryl methyl sites for hydroxylation is 2. The smallest absolute Gasteiger partial charge is 0.250 e. The van der Waals surface area contributed by atoms with Crippen molar-refractivity contribution in [2.75, 3.05) is 4.90 Å². The van der Waals surface area contributed by atoms with Crippen LogP contribution in [0.1, 0.15) is 32.9 Å². The van der Waals surface area contributed by atoms with E-state index in [0.717, 1.165) is 5.69 Å². The summed E-state index contributed by atoms with van der Waals surface area (Å²) in [5.41, 5.74) is 1.47. The van der Waals surface area contributed by atoms with E-state index in [-0.39, 0.29) is 11.8 Å². The topological polar surface area (TPSA) is 67.2 Å². The van der Waals surface area contributed by atoms with Crippen LogP contribution in [0.3, 0.4) is 0 Å². The van der Waals surface area contributed by atoms with Gasteiger partial charge in [0.25, 0.3) is 0 Å². The molecule has 1 saturated heterocycles. The predicted molar refractivity (Wildman–Crippen MR) is 76.3 cm³/mol. The van der Waals surface area contributed by atoms with Gasteiger partial charge in [0.15, 0.2) is 0 Å². The average Bonchev–Trinajstić information content (AvgIpc) is 2.65. The van der Waals surface area contributed by atoms with E-state index >= 15 is 0 Å². The molecule has 20 heavy (non-hydrogen) atoms. The number of rotatable bonds is 3. The zero-order valence-corrected chi connectivity index (χ0v) is 12.7. The number of nitrogens with one attached hydrogen (secondary N) is 1. The molecule has 0 aliphatic carbocycles. The highest BCUT2D eigenvalue weighted by Crippen LogP contribution is 2.25. The van der Waals surface area contributed by atoms with Crippen LogP contribution in [0.2, 0.25) is 0 Å². The fourth-order valence-electron chi connectivity index (χ4n) is 2.61. The van der Waals surface area contributed by atoms with Gasteiger partial charge in [0.1, 0.15) is 12.1 Å². The lowest BCUT2D eigenvalue weighted by atomic mass is 9.98. The van der Waals surface area contributed by atoms with E-state index in [2.05, 4.69) is 10.4 Å². The van der Waals surface area contributed by atoms with Crippen molar-refractivity contribution in [2.24, 2.45) is 13.0 Å². The summed E-state index contributed by atoms with van der Waals surface area (Å²) in [7, 11) is 1.81. The third kappa shape index (κ3) is 2.55. The summed E-state index contributed by atoms with van der Waals surface area (Å²) in [5.74, 6) is 0.176. The third-order valence-corrected chi connectivity index (χ3v) is 3.57. The second-order valence-electron chi connectivity index (χ2n) is 5.85. The maximum atomic E-state index is 12.7. The molecule has 2 rings (SSSR count). The summed E-state index contributed by atoms with van der Waals surface area (Å²) in [6.07, 6.45) is 2.43. The number of hydrogen-bond donors (Lipinski definition) is 1. The first-order valence-electron chi connectivity index (χ1n) is 6.95. The lowest BCUT2D eigenvalue weighted by molar-refractivity contribution is -0.133. The summed E-state index contributed by atoms with van der Waals surface area (Å²) < 4.78 is 1.66. The molecule has 1 aromatic heterocycles. The van der Waals surface area contributed by atoms with Crippen molar-refractivity contribution in [1.82, 2.24) is 15.1 Å². The third-order valence-electron chi connectivity index (χ3n) is 3.57.